The molecule has 4 rings (SSSR count). The van der Waals surface area contributed by atoms with Crippen molar-refractivity contribution in [3.05, 3.63) is 40.9 Å². The maximum atomic E-state index is 12.6. The minimum absolute atomic E-state index is 0.0333. The molecular weight excluding hydrogens is 336 g/mol. The topological polar surface area (TPSA) is 62.5 Å². The molecule has 1 aliphatic heterocycles. The summed E-state index contributed by atoms with van der Waals surface area (Å²) < 4.78 is 5.04. The fourth-order valence-electron chi connectivity index (χ4n) is 3.30. The summed E-state index contributed by atoms with van der Waals surface area (Å²) in [5.74, 6) is 1.02. The third-order valence-corrected chi connectivity index (χ3v) is 5.91. The molecule has 0 radical (unpaired) electrons. The van der Waals surface area contributed by atoms with Gasteiger partial charge in [0.1, 0.15) is 23.2 Å². The van der Waals surface area contributed by atoms with Crippen molar-refractivity contribution >= 4 is 33.3 Å². The van der Waals surface area contributed by atoms with Gasteiger partial charge >= 0.3 is 0 Å². The van der Waals surface area contributed by atoms with E-state index in [0.717, 1.165) is 42.1 Å². The number of carbonyl (C=O) groups excluding carboxylic acids is 1. The van der Waals surface area contributed by atoms with E-state index in [1.807, 2.05) is 4.90 Å². The Morgan fingerprint density at radius 3 is 2.88 bits per heavy atom. The Labute approximate surface area is 150 Å². The molecule has 0 unspecified atom stereocenters. The normalized spacial score (nSPS) is 15.6. The largest absolute Gasteiger partial charge is 0.472 e. The molecule has 0 aliphatic carbocycles. The van der Waals surface area contributed by atoms with Crippen LogP contribution in [0.3, 0.4) is 0 Å². The summed E-state index contributed by atoms with van der Waals surface area (Å²) in [4.78, 5) is 28.0. The summed E-state index contributed by atoms with van der Waals surface area (Å²) in [5.41, 5.74) is 1.87. The van der Waals surface area contributed by atoms with Gasteiger partial charge in [0, 0.05) is 31.1 Å². The molecule has 0 atom stereocenters. The molecule has 130 valence electrons. The summed E-state index contributed by atoms with van der Waals surface area (Å²) in [6.45, 7) is 7.33. The molecule has 0 spiro atoms. The van der Waals surface area contributed by atoms with Gasteiger partial charge in [-0.2, -0.15) is 0 Å². The maximum absolute atomic E-state index is 12.6. The number of carbonyl (C=O) groups is 1. The number of hydrogen-bond donors (Lipinski definition) is 0. The first-order valence-electron chi connectivity index (χ1n) is 8.42. The lowest BCUT2D eigenvalue weighted by molar-refractivity contribution is 0.0766. The van der Waals surface area contributed by atoms with E-state index < -0.39 is 0 Å². The lowest BCUT2D eigenvalue weighted by atomic mass is 10.2. The molecule has 6 nitrogen and oxygen atoms in total. The summed E-state index contributed by atoms with van der Waals surface area (Å²) in [7, 11) is 0. The van der Waals surface area contributed by atoms with Gasteiger partial charge in [0.2, 0.25) is 0 Å². The Morgan fingerprint density at radius 2 is 2.08 bits per heavy atom. The fourth-order valence-corrected chi connectivity index (χ4v) is 4.30. The lowest BCUT2D eigenvalue weighted by Crippen LogP contribution is -2.35. The molecular formula is C18H20N4O2S. The molecule has 4 heterocycles. The minimum Gasteiger partial charge on any atom is -0.472 e. The Balaban J connectivity index is 1.58. The van der Waals surface area contributed by atoms with Gasteiger partial charge in [-0.3, -0.25) is 4.79 Å². The average Bonchev–Trinajstić information content (AvgIpc) is 3.16. The average molecular weight is 356 g/mol. The van der Waals surface area contributed by atoms with Crippen LogP contribution in [0.1, 0.15) is 27.2 Å². The van der Waals surface area contributed by atoms with Crippen molar-refractivity contribution in [2.24, 2.45) is 0 Å². The number of thiophene rings is 1. The van der Waals surface area contributed by atoms with Crippen molar-refractivity contribution in [2.75, 3.05) is 31.1 Å². The standard InChI is InChI=1S/C18H20N4O2S/c1-12-13(2)25-17-15(12)16(19-11-20-17)21-5-3-6-22(8-7-21)18(23)14-4-9-24-10-14/h4,9-11H,3,5-8H2,1-2H3. The van der Waals surface area contributed by atoms with Gasteiger partial charge in [0.05, 0.1) is 17.2 Å². The molecule has 0 bridgehead atoms. The predicted molar refractivity (Wildman–Crippen MR) is 98.3 cm³/mol. The molecule has 3 aromatic rings. The third kappa shape index (κ3) is 2.89. The SMILES string of the molecule is Cc1sc2ncnc(N3CCCN(C(=O)c4ccoc4)CC3)c2c1C. The first-order chi connectivity index (χ1) is 12.1. The molecule has 0 N–H and O–H groups in total. The minimum atomic E-state index is 0.0333. The second-order valence-electron chi connectivity index (χ2n) is 6.31. The zero-order valence-corrected chi connectivity index (χ0v) is 15.2. The quantitative estimate of drug-likeness (QED) is 0.705. The lowest BCUT2D eigenvalue weighted by Gasteiger charge is -2.23. The van der Waals surface area contributed by atoms with Crippen LogP contribution < -0.4 is 4.90 Å². The van der Waals surface area contributed by atoms with E-state index in [9.17, 15) is 4.79 Å². The van der Waals surface area contributed by atoms with Crippen LogP contribution in [0.5, 0.6) is 0 Å². The second kappa shape index (κ2) is 6.48. The molecule has 1 saturated heterocycles. The van der Waals surface area contributed by atoms with E-state index in [-0.39, 0.29) is 5.91 Å². The van der Waals surface area contributed by atoms with Crippen LogP contribution in [0, 0.1) is 13.8 Å². The molecule has 3 aromatic heterocycles. The predicted octanol–water partition coefficient (Wildman–Crippen LogP) is 3.25. The molecule has 0 saturated carbocycles. The van der Waals surface area contributed by atoms with Crippen LogP contribution in [0.25, 0.3) is 10.2 Å². The number of aryl methyl sites for hydroxylation is 2. The van der Waals surface area contributed by atoms with Crippen molar-refractivity contribution in [2.45, 2.75) is 20.3 Å². The number of fused-ring (bicyclic) bond motifs is 1. The van der Waals surface area contributed by atoms with Gasteiger partial charge in [-0.25, -0.2) is 9.97 Å². The maximum Gasteiger partial charge on any atom is 0.257 e. The first-order valence-corrected chi connectivity index (χ1v) is 9.24. The van der Waals surface area contributed by atoms with E-state index in [0.29, 0.717) is 12.1 Å². The highest BCUT2D eigenvalue weighted by molar-refractivity contribution is 7.18. The molecule has 1 fully saturated rings. The number of anilines is 1. The van der Waals surface area contributed by atoms with Crippen LogP contribution in [0.2, 0.25) is 0 Å². The molecule has 1 amide bonds. The van der Waals surface area contributed by atoms with Gasteiger partial charge in [-0.05, 0) is 31.9 Å². The first kappa shape index (κ1) is 16.1. The number of aromatic nitrogens is 2. The van der Waals surface area contributed by atoms with Crippen LogP contribution in [-0.2, 0) is 0 Å². The summed E-state index contributed by atoms with van der Waals surface area (Å²) in [5, 5.41) is 1.15. The Hall–Kier alpha value is -2.41. The van der Waals surface area contributed by atoms with Gasteiger partial charge < -0.3 is 14.2 Å². The fraction of sp³-hybridized carbons (Fsp3) is 0.389. The number of hydrogen-bond acceptors (Lipinski definition) is 6. The van der Waals surface area contributed by atoms with E-state index in [1.54, 1.807) is 23.7 Å². The molecule has 7 heteroatoms. The van der Waals surface area contributed by atoms with E-state index in [2.05, 4.69) is 28.7 Å². The van der Waals surface area contributed by atoms with Crippen LogP contribution >= 0.6 is 11.3 Å². The van der Waals surface area contributed by atoms with Crippen LogP contribution in [-0.4, -0.2) is 47.0 Å². The van der Waals surface area contributed by atoms with Gasteiger partial charge in [0.15, 0.2) is 0 Å². The van der Waals surface area contributed by atoms with Crippen LogP contribution in [0.15, 0.2) is 29.3 Å². The number of amides is 1. The molecule has 25 heavy (non-hydrogen) atoms. The highest BCUT2D eigenvalue weighted by atomic mass is 32.1. The Kier molecular flexibility index (Phi) is 4.17. The van der Waals surface area contributed by atoms with Crippen molar-refractivity contribution in [1.82, 2.24) is 14.9 Å². The van der Waals surface area contributed by atoms with E-state index in [1.165, 1.54) is 23.0 Å². The third-order valence-electron chi connectivity index (χ3n) is 4.80. The smallest absolute Gasteiger partial charge is 0.257 e. The van der Waals surface area contributed by atoms with Crippen molar-refractivity contribution in [3.8, 4) is 0 Å². The zero-order chi connectivity index (χ0) is 17.4. The van der Waals surface area contributed by atoms with E-state index >= 15 is 0 Å². The van der Waals surface area contributed by atoms with Gasteiger partial charge in [-0.1, -0.05) is 0 Å². The van der Waals surface area contributed by atoms with Gasteiger partial charge in [-0.15, -0.1) is 11.3 Å². The van der Waals surface area contributed by atoms with E-state index in [4.69, 9.17) is 4.42 Å². The number of furan rings is 1. The molecule has 0 aromatic carbocycles. The van der Waals surface area contributed by atoms with Gasteiger partial charge in [0.25, 0.3) is 5.91 Å². The highest BCUT2D eigenvalue weighted by Gasteiger charge is 2.23. The molecule has 1 aliphatic rings. The van der Waals surface area contributed by atoms with Crippen molar-refractivity contribution in [3.63, 3.8) is 0 Å². The monoisotopic (exact) mass is 356 g/mol. The van der Waals surface area contributed by atoms with Crippen molar-refractivity contribution in [1.29, 1.82) is 0 Å². The zero-order valence-electron chi connectivity index (χ0n) is 14.4. The Morgan fingerprint density at radius 1 is 1.20 bits per heavy atom. The van der Waals surface area contributed by atoms with Crippen LogP contribution in [0.4, 0.5) is 5.82 Å². The Bertz CT molecular complexity index is 903. The second-order valence-corrected chi connectivity index (χ2v) is 7.51. The summed E-state index contributed by atoms with van der Waals surface area (Å²) >= 11 is 1.71. The highest BCUT2D eigenvalue weighted by Crippen LogP contribution is 2.34. The number of rotatable bonds is 2. The van der Waals surface area contributed by atoms with Crippen molar-refractivity contribution < 1.29 is 9.21 Å². The summed E-state index contributed by atoms with van der Waals surface area (Å²) in [6, 6.07) is 1.72. The number of nitrogens with zero attached hydrogens (tertiary/aromatic N) is 4. The summed E-state index contributed by atoms with van der Waals surface area (Å²) in [6.07, 6.45) is 5.61.